The van der Waals surface area contributed by atoms with Gasteiger partial charge in [0.15, 0.2) is 0 Å². The Morgan fingerprint density at radius 1 is 1.00 bits per heavy atom. The van der Waals surface area contributed by atoms with Crippen molar-refractivity contribution < 1.29 is 4.74 Å². The summed E-state index contributed by atoms with van der Waals surface area (Å²) in [6.07, 6.45) is 4.99. The van der Waals surface area contributed by atoms with E-state index < -0.39 is 0 Å². The maximum Gasteiger partial charge on any atom is 0.0466 e. The molecular formula is C15H33NO. The zero-order valence-corrected chi connectivity index (χ0v) is 12.9. The lowest BCUT2D eigenvalue weighted by Gasteiger charge is -2.33. The number of nitrogens with one attached hydrogen (secondary N) is 1. The van der Waals surface area contributed by atoms with E-state index in [0.717, 1.165) is 19.8 Å². The van der Waals surface area contributed by atoms with Gasteiger partial charge in [0.2, 0.25) is 0 Å². The van der Waals surface area contributed by atoms with Crippen LogP contribution < -0.4 is 5.32 Å². The van der Waals surface area contributed by atoms with E-state index in [0.29, 0.717) is 5.41 Å². The predicted octanol–water partition coefficient (Wildman–Crippen LogP) is 4.00. The minimum atomic E-state index is 0.217. The number of hydrogen-bond acceptors (Lipinski definition) is 2. The van der Waals surface area contributed by atoms with E-state index in [9.17, 15) is 0 Å². The summed E-state index contributed by atoms with van der Waals surface area (Å²) in [5, 5.41) is 3.65. The SMILES string of the molecule is CCCC(C)(CCCOCC)CNC(C)(C)C. The van der Waals surface area contributed by atoms with Gasteiger partial charge in [-0.2, -0.15) is 0 Å². The van der Waals surface area contributed by atoms with Crippen molar-refractivity contribution in [2.75, 3.05) is 19.8 Å². The molecule has 2 nitrogen and oxygen atoms in total. The van der Waals surface area contributed by atoms with Crippen LogP contribution in [0.25, 0.3) is 0 Å². The third-order valence-corrected chi connectivity index (χ3v) is 3.17. The highest BCUT2D eigenvalue weighted by Crippen LogP contribution is 2.29. The molecule has 0 aromatic carbocycles. The molecular weight excluding hydrogens is 210 g/mol. The van der Waals surface area contributed by atoms with Crippen molar-refractivity contribution in [3.63, 3.8) is 0 Å². The molecule has 0 spiro atoms. The number of rotatable bonds is 9. The largest absolute Gasteiger partial charge is 0.382 e. The zero-order valence-electron chi connectivity index (χ0n) is 12.9. The van der Waals surface area contributed by atoms with Crippen molar-refractivity contribution in [2.24, 2.45) is 5.41 Å². The Hall–Kier alpha value is -0.0800. The van der Waals surface area contributed by atoms with Gasteiger partial charge in [-0.25, -0.2) is 0 Å². The van der Waals surface area contributed by atoms with Gasteiger partial charge >= 0.3 is 0 Å². The summed E-state index contributed by atoms with van der Waals surface area (Å²) in [5.41, 5.74) is 0.633. The van der Waals surface area contributed by atoms with E-state index in [4.69, 9.17) is 4.74 Å². The molecule has 0 aliphatic rings. The predicted molar refractivity (Wildman–Crippen MR) is 76.5 cm³/mol. The average Bonchev–Trinajstić information content (AvgIpc) is 2.22. The van der Waals surface area contributed by atoms with E-state index >= 15 is 0 Å². The topological polar surface area (TPSA) is 21.3 Å². The molecule has 1 N–H and O–H groups in total. The van der Waals surface area contributed by atoms with Gasteiger partial charge in [-0.3, -0.25) is 0 Å². The smallest absolute Gasteiger partial charge is 0.0466 e. The third-order valence-electron chi connectivity index (χ3n) is 3.17. The quantitative estimate of drug-likeness (QED) is 0.618. The first-order valence-corrected chi connectivity index (χ1v) is 7.16. The molecule has 1 unspecified atom stereocenters. The summed E-state index contributed by atoms with van der Waals surface area (Å²) in [6, 6.07) is 0. The molecule has 0 heterocycles. The molecule has 0 aromatic rings. The molecule has 0 amide bonds. The lowest BCUT2D eigenvalue weighted by molar-refractivity contribution is 0.125. The van der Waals surface area contributed by atoms with Crippen LogP contribution in [0.3, 0.4) is 0 Å². The van der Waals surface area contributed by atoms with Gasteiger partial charge in [-0.15, -0.1) is 0 Å². The van der Waals surface area contributed by atoms with E-state index in [1.807, 2.05) is 0 Å². The molecule has 2 heteroatoms. The van der Waals surface area contributed by atoms with Gasteiger partial charge in [0.1, 0.15) is 0 Å². The monoisotopic (exact) mass is 243 g/mol. The van der Waals surface area contributed by atoms with Crippen molar-refractivity contribution in [1.29, 1.82) is 0 Å². The molecule has 0 rings (SSSR count). The first-order chi connectivity index (χ1) is 7.83. The number of ether oxygens (including phenoxy) is 1. The van der Waals surface area contributed by atoms with Crippen LogP contribution in [0.15, 0.2) is 0 Å². The van der Waals surface area contributed by atoms with Gasteiger partial charge in [0, 0.05) is 25.3 Å². The van der Waals surface area contributed by atoms with Crippen LogP contribution in [0.5, 0.6) is 0 Å². The Kier molecular flexibility index (Phi) is 8.06. The van der Waals surface area contributed by atoms with Crippen molar-refractivity contribution in [3.8, 4) is 0 Å². The maximum absolute atomic E-state index is 5.43. The molecule has 104 valence electrons. The molecule has 0 saturated heterocycles. The summed E-state index contributed by atoms with van der Waals surface area (Å²) >= 11 is 0. The molecule has 0 aromatic heterocycles. The minimum absolute atomic E-state index is 0.217. The second-order valence-electron chi connectivity index (χ2n) is 6.46. The van der Waals surface area contributed by atoms with E-state index in [1.165, 1.54) is 25.7 Å². The Balaban J connectivity index is 4.06. The highest BCUT2D eigenvalue weighted by atomic mass is 16.5. The van der Waals surface area contributed by atoms with Gasteiger partial charge in [0.25, 0.3) is 0 Å². The first-order valence-electron chi connectivity index (χ1n) is 7.16. The highest BCUT2D eigenvalue weighted by molar-refractivity contribution is 4.81. The summed E-state index contributed by atoms with van der Waals surface area (Å²) in [4.78, 5) is 0. The van der Waals surface area contributed by atoms with Gasteiger partial charge in [0.05, 0.1) is 0 Å². The zero-order chi connectivity index (χ0) is 13.4. The van der Waals surface area contributed by atoms with Gasteiger partial charge in [-0.05, 0) is 52.4 Å². The molecule has 17 heavy (non-hydrogen) atoms. The van der Waals surface area contributed by atoms with Crippen molar-refractivity contribution >= 4 is 0 Å². The first kappa shape index (κ1) is 16.9. The Morgan fingerprint density at radius 3 is 2.12 bits per heavy atom. The summed E-state index contributed by atoms with van der Waals surface area (Å²) < 4.78 is 5.43. The fourth-order valence-electron chi connectivity index (χ4n) is 2.13. The van der Waals surface area contributed by atoms with E-state index in [1.54, 1.807) is 0 Å². The molecule has 0 saturated carbocycles. The fraction of sp³-hybridized carbons (Fsp3) is 1.00. The molecule has 0 radical (unpaired) electrons. The lowest BCUT2D eigenvalue weighted by atomic mass is 9.80. The Bertz CT molecular complexity index is 186. The molecule has 1 atom stereocenters. The minimum Gasteiger partial charge on any atom is -0.382 e. The fourth-order valence-corrected chi connectivity index (χ4v) is 2.13. The van der Waals surface area contributed by atoms with E-state index in [2.05, 4.69) is 46.9 Å². The Labute approximate surface area is 109 Å². The Morgan fingerprint density at radius 2 is 1.65 bits per heavy atom. The van der Waals surface area contributed by atoms with Crippen LogP contribution in [0.4, 0.5) is 0 Å². The van der Waals surface area contributed by atoms with Gasteiger partial charge < -0.3 is 10.1 Å². The maximum atomic E-state index is 5.43. The van der Waals surface area contributed by atoms with Crippen LogP contribution in [-0.4, -0.2) is 25.3 Å². The standard InChI is InChI=1S/C15H33NO/c1-7-10-15(6,11-9-12-17-8-2)13-16-14(3,4)5/h16H,7-13H2,1-6H3. The summed E-state index contributed by atoms with van der Waals surface area (Å²) in [7, 11) is 0. The lowest BCUT2D eigenvalue weighted by Crippen LogP contribution is -2.43. The highest BCUT2D eigenvalue weighted by Gasteiger charge is 2.24. The van der Waals surface area contributed by atoms with Crippen LogP contribution in [0.2, 0.25) is 0 Å². The van der Waals surface area contributed by atoms with Crippen molar-refractivity contribution in [1.82, 2.24) is 5.32 Å². The number of hydrogen-bond donors (Lipinski definition) is 1. The molecule has 0 bridgehead atoms. The van der Waals surface area contributed by atoms with Crippen molar-refractivity contribution in [3.05, 3.63) is 0 Å². The third kappa shape index (κ3) is 9.61. The normalized spacial score (nSPS) is 15.9. The molecule has 0 aliphatic heterocycles. The van der Waals surface area contributed by atoms with Crippen LogP contribution in [0.1, 0.15) is 67.2 Å². The second kappa shape index (κ2) is 8.10. The van der Waals surface area contributed by atoms with Crippen LogP contribution >= 0.6 is 0 Å². The average molecular weight is 243 g/mol. The van der Waals surface area contributed by atoms with Crippen LogP contribution in [-0.2, 0) is 4.74 Å². The van der Waals surface area contributed by atoms with Crippen molar-refractivity contribution in [2.45, 2.75) is 72.8 Å². The van der Waals surface area contributed by atoms with Crippen LogP contribution in [0, 0.1) is 5.41 Å². The summed E-state index contributed by atoms with van der Waals surface area (Å²) in [5.74, 6) is 0. The second-order valence-corrected chi connectivity index (χ2v) is 6.46. The summed E-state index contributed by atoms with van der Waals surface area (Å²) in [6.45, 7) is 16.3. The molecule has 0 fully saturated rings. The molecule has 0 aliphatic carbocycles. The van der Waals surface area contributed by atoms with Gasteiger partial charge in [-0.1, -0.05) is 20.3 Å². The van der Waals surface area contributed by atoms with E-state index in [-0.39, 0.29) is 5.54 Å².